The Morgan fingerprint density at radius 2 is 1.91 bits per heavy atom. The van der Waals surface area contributed by atoms with Gasteiger partial charge in [-0.2, -0.15) is 0 Å². The molecule has 0 aromatic rings. The predicted octanol–water partition coefficient (Wildman–Crippen LogP) is 3.43. The third-order valence-corrected chi connectivity index (χ3v) is 4.44. The monoisotopic (exact) mass is 236 g/mol. The molecular weight excluding hydrogens is 229 g/mol. The van der Waals surface area contributed by atoms with Crippen molar-refractivity contribution >= 4 is 42.2 Å². The van der Waals surface area contributed by atoms with E-state index in [-0.39, 0.29) is 22.9 Å². The highest BCUT2D eigenvalue weighted by Crippen LogP contribution is 2.48. The summed E-state index contributed by atoms with van der Waals surface area (Å²) in [4.78, 5) is 0. The molecule has 0 amide bonds. The van der Waals surface area contributed by atoms with Crippen LogP contribution >= 0.6 is 42.2 Å². The maximum atomic E-state index is 11.3. The van der Waals surface area contributed by atoms with Crippen LogP contribution in [0.2, 0.25) is 0 Å². The minimum absolute atomic E-state index is 0.0261. The summed E-state index contributed by atoms with van der Waals surface area (Å²) in [6.07, 6.45) is 0. The molecule has 66 valence electrons. The zero-order valence-corrected chi connectivity index (χ0v) is 8.89. The highest BCUT2D eigenvalue weighted by atomic mass is 35.5. The Labute approximate surface area is 80.9 Å². The molecule has 0 saturated heterocycles. The molecule has 0 aliphatic heterocycles. The van der Waals surface area contributed by atoms with Gasteiger partial charge in [0.15, 0.2) is 0 Å². The van der Waals surface area contributed by atoms with Crippen LogP contribution in [0.15, 0.2) is 11.6 Å². The fraction of sp³-hybridized carbons (Fsp3) is 0.600. The zero-order valence-electron chi connectivity index (χ0n) is 5.73. The molecule has 0 heterocycles. The van der Waals surface area contributed by atoms with Crippen molar-refractivity contribution in [2.75, 3.05) is 17.8 Å². The molecule has 0 radical (unpaired) electrons. The van der Waals surface area contributed by atoms with Gasteiger partial charge in [0.1, 0.15) is 11.2 Å². The average molecular weight is 237 g/mol. The van der Waals surface area contributed by atoms with E-state index in [1.54, 1.807) is 0 Å². The van der Waals surface area contributed by atoms with E-state index in [4.69, 9.17) is 39.3 Å². The Kier molecular flexibility index (Phi) is 5.84. The summed E-state index contributed by atoms with van der Waals surface area (Å²) < 4.78 is 16.1. The first-order valence-electron chi connectivity index (χ1n) is 2.72. The molecule has 2 nitrogen and oxygen atoms in total. The van der Waals surface area contributed by atoms with Crippen molar-refractivity contribution < 1.29 is 9.09 Å². The first-order chi connectivity index (χ1) is 5.04. The Bertz CT molecular complexity index is 175. The Morgan fingerprint density at radius 3 is 2.18 bits per heavy atom. The van der Waals surface area contributed by atoms with Crippen LogP contribution in [0, 0.1) is 0 Å². The summed E-state index contributed by atoms with van der Waals surface area (Å²) in [5.74, 6) is 0. The van der Waals surface area contributed by atoms with Crippen molar-refractivity contribution in [1.82, 2.24) is 0 Å². The van der Waals surface area contributed by atoms with E-state index in [2.05, 4.69) is 6.58 Å². The summed E-state index contributed by atoms with van der Waals surface area (Å²) in [6.45, 7) is 3.39. The summed E-state index contributed by atoms with van der Waals surface area (Å²) in [7, 11) is -2.85. The lowest BCUT2D eigenvalue weighted by molar-refractivity contribution is 0.356. The summed E-state index contributed by atoms with van der Waals surface area (Å²) >= 11 is 16.1. The lowest BCUT2D eigenvalue weighted by atomic mass is 10.7. The molecule has 0 N–H and O–H groups in total. The lowest BCUT2D eigenvalue weighted by Gasteiger charge is -2.11. The molecule has 0 aromatic heterocycles. The van der Waals surface area contributed by atoms with E-state index < -0.39 is 7.37 Å². The Hall–Kier alpha value is 0.800. The molecule has 0 saturated carbocycles. The van der Waals surface area contributed by atoms with E-state index in [1.807, 2.05) is 0 Å². The van der Waals surface area contributed by atoms with Gasteiger partial charge < -0.3 is 4.52 Å². The van der Waals surface area contributed by atoms with Crippen LogP contribution in [-0.2, 0) is 9.09 Å². The largest absolute Gasteiger partial charge is 0.321 e. The fourth-order valence-corrected chi connectivity index (χ4v) is 2.19. The van der Waals surface area contributed by atoms with Crippen LogP contribution in [0.5, 0.6) is 0 Å². The van der Waals surface area contributed by atoms with E-state index >= 15 is 0 Å². The van der Waals surface area contributed by atoms with Gasteiger partial charge in [0.25, 0.3) is 0 Å². The van der Waals surface area contributed by atoms with Gasteiger partial charge in [0, 0.05) is 5.03 Å². The van der Waals surface area contributed by atoms with Gasteiger partial charge in [-0.15, -0.1) is 23.2 Å². The van der Waals surface area contributed by atoms with E-state index in [9.17, 15) is 4.57 Å². The molecule has 0 aliphatic rings. The van der Waals surface area contributed by atoms with Crippen LogP contribution in [0.3, 0.4) is 0 Å². The number of hydrogen-bond donors (Lipinski definition) is 0. The molecule has 6 heteroatoms. The van der Waals surface area contributed by atoms with Crippen LogP contribution in [0.4, 0.5) is 0 Å². The minimum atomic E-state index is -2.85. The highest BCUT2D eigenvalue weighted by molar-refractivity contribution is 7.62. The standard InChI is InChI=1S/C5H8Cl3O2P/c1-5(8)2-10-11(9,3-6)4-7/h1-4H2. The topological polar surface area (TPSA) is 26.3 Å². The smallest absolute Gasteiger partial charge is 0.232 e. The summed E-state index contributed by atoms with van der Waals surface area (Å²) in [5, 5.41) is 0.278. The van der Waals surface area contributed by atoms with Crippen molar-refractivity contribution in [2.24, 2.45) is 0 Å². The van der Waals surface area contributed by atoms with Crippen molar-refractivity contribution in [3.8, 4) is 0 Å². The van der Waals surface area contributed by atoms with E-state index in [1.165, 1.54) is 0 Å². The molecule has 0 fully saturated rings. The number of alkyl halides is 2. The van der Waals surface area contributed by atoms with Crippen molar-refractivity contribution in [2.45, 2.75) is 0 Å². The third kappa shape index (κ3) is 5.10. The highest BCUT2D eigenvalue weighted by Gasteiger charge is 2.20. The first-order valence-corrected chi connectivity index (χ1v) is 6.16. The second-order valence-corrected chi connectivity index (χ2v) is 6.18. The van der Waals surface area contributed by atoms with Crippen molar-refractivity contribution in [1.29, 1.82) is 0 Å². The second-order valence-electron chi connectivity index (χ2n) is 1.84. The normalized spacial score (nSPS) is 11.5. The van der Waals surface area contributed by atoms with Crippen molar-refractivity contribution in [3.63, 3.8) is 0 Å². The zero-order chi connectivity index (χ0) is 8.91. The molecule has 0 atom stereocenters. The molecule has 0 rings (SSSR count). The van der Waals surface area contributed by atoms with Crippen LogP contribution in [0.25, 0.3) is 0 Å². The quantitative estimate of drug-likeness (QED) is 0.541. The van der Waals surface area contributed by atoms with E-state index in [0.29, 0.717) is 0 Å². The maximum Gasteiger partial charge on any atom is 0.232 e. The minimum Gasteiger partial charge on any atom is -0.321 e. The maximum absolute atomic E-state index is 11.3. The average Bonchev–Trinajstić information content (AvgIpc) is 2.00. The first kappa shape index (κ1) is 11.8. The van der Waals surface area contributed by atoms with Gasteiger partial charge in [-0.1, -0.05) is 18.2 Å². The van der Waals surface area contributed by atoms with Gasteiger partial charge in [-0.3, -0.25) is 4.57 Å². The van der Waals surface area contributed by atoms with Crippen LogP contribution in [0.1, 0.15) is 0 Å². The number of halogens is 3. The fourth-order valence-electron chi connectivity index (χ4n) is 0.289. The van der Waals surface area contributed by atoms with Gasteiger partial charge in [-0.05, 0) is 0 Å². The molecule has 0 bridgehead atoms. The summed E-state index contributed by atoms with van der Waals surface area (Å²) in [5.41, 5.74) is -0.193. The van der Waals surface area contributed by atoms with Crippen LogP contribution in [-0.4, -0.2) is 17.8 Å². The third-order valence-electron chi connectivity index (χ3n) is 0.821. The molecule has 0 spiro atoms. The van der Waals surface area contributed by atoms with Crippen LogP contribution < -0.4 is 0 Å². The van der Waals surface area contributed by atoms with Crippen molar-refractivity contribution in [3.05, 3.63) is 11.6 Å². The Morgan fingerprint density at radius 1 is 1.45 bits per heavy atom. The predicted molar refractivity (Wildman–Crippen MR) is 50.0 cm³/mol. The Balaban J connectivity index is 3.89. The van der Waals surface area contributed by atoms with Gasteiger partial charge in [0.05, 0.1) is 6.61 Å². The number of rotatable bonds is 5. The number of hydrogen-bond acceptors (Lipinski definition) is 2. The molecule has 0 aromatic carbocycles. The van der Waals surface area contributed by atoms with E-state index in [0.717, 1.165) is 0 Å². The molecule has 0 unspecified atom stereocenters. The molecular formula is C5H8Cl3O2P. The van der Waals surface area contributed by atoms with Gasteiger partial charge in [0.2, 0.25) is 7.37 Å². The molecule has 11 heavy (non-hydrogen) atoms. The van der Waals surface area contributed by atoms with Gasteiger partial charge >= 0.3 is 0 Å². The lowest BCUT2D eigenvalue weighted by Crippen LogP contribution is -1.94. The molecule has 0 aliphatic carbocycles. The van der Waals surface area contributed by atoms with Gasteiger partial charge in [-0.25, -0.2) is 0 Å². The SMILES string of the molecule is C=C(Cl)COP(=O)(CCl)CCl. The second kappa shape index (κ2) is 5.45. The summed E-state index contributed by atoms with van der Waals surface area (Å²) in [6, 6.07) is 0.